The Morgan fingerprint density at radius 2 is 1.91 bits per heavy atom. The summed E-state index contributed by atoms with van der Waals surface area (Å²) in [5.41, 5.74) is 8.85. The van der Waals surface area contributed by atoms with Gasteiger partial charge in [0, 0.05) is 49.5 Å². The van der Waals surface area contributed by atoms with Gasteiger partial charge in [-0.2, -0.15) is 0 Å². The SMILES string of the molecule is CCN1CCN(c2cc3c(Nc4ccc(Cl)c(Cl)c4)c(C(N)=O)cnc3cc2OC)CC1. The highest BCUT2D eigenvalue weighted by molar-refractivity contribution is 6.42. The van der Waals surface area contributed by atoms with Gasteiger partial charge in [-0.15, -0.1) is 0 Å². The second-order valence-corrected chi connectivity index (χ2v) is 8.44. The molecule has 1 aromatic heterocycles. The zero-order chi connectivity index (χ0) is 22.8. The summed E-state index contributed by atoms with van der Waals surface area (Å²) in [6.45, 7) is 6.93. The zero-order valence-corrected chi connectivity index (χ0v) is 19.5. The highest BCUT2D eigenvalue weighted by Crippen LogP contribution is 2.38. The van der Waals surface area contributed by atoms with Crippen LogP contribution in [0, 0.1) is 0 Å². The minimum atomic E-state index is -0.573. The molecule has 2 aromatic carbocycles. The lowest BCUT2D eigenvalue weighted by atomic mass is 10.1. The van der Waals surface area contributed by atoms with E-state index in [9.17, 15) is 4.79 Å². The van der Waals surface area contributed by atoms with E-state index in [4.69, 9.17) is 33.7 Å². The second-order valence-electron chi connectivity index (χ2n) is 7.63. The molecule has 32 heavy (non-hydrogen) atoms. The van der Waals surface area contributed by atoms with Gasteiger partial charge in [-0.3, -0.25) is 9.78 Å². The summed E-state index contributed by atoms with van der Waals surface area (Å²) < 4.78 is 5.69. The topological polar surface area (TPSA) is 83.7 Å². The Labute approximate surface area is 197 Å². The van der Waals surface area contributed by atoms with Gasteiger partial charge in [0.2, 0.25) is 0 Å². The maximum atomic E-state index is 12.2. The van der Waals surface area contributed by atoms with Gasteiger partial charge in [0.15, 0.2) is 0 Å². The molecule has 4 rings (SSSR count). The molecule has 3 N–H and O–H groups in total. The van der Waals surface area contributed by atoms with Crippen LogP contribution in [0.1, 0.15) is 17.3 Å². The number of pyridine rings is 1. The lowest BCUT2D eigenvalue weighted by Crippen LogP contribution is -2.46. The third-order valence-corrected chi connectivity index (χ3v) is 6.52. The van der Waals surface area contributed by atoms with Gasteiger partial charge in [0.25, 0.3) is 5.91 Å². The molecular formula is C23H25Cl2N5O2. The molecule has 0 radical (unpaired) electrons. The number of likely N-dealkylation sites (N-methyl/N-ethyl adjacent to an activating group) is 1. The largest absolute Gasteiger partial charge is 0.495 e. The number of hydrogen-bond acceptors (Lipinski definition) is 6. The van der Waals surface area contributed by atoms with Crippen LogP contribution >= 0.6 is 23.2 Å². The third-order valence-electron chi connectivity index (χ3n) is 5.78. The summed E-state index contributed by atoms with van der Waals surface area (Å²) >= 11 is 12.2. The number of primary amides is 1. The normalized spacial score (nSPS) is 14.6. The highest BCUT2D eigenvalue weighted by atomic mass is 35.5. The van der Waals surface area contributed by atoms with E-state index in [2.05, 4.69) is 27.0 Å². The van der Waals surface area contributed by atoms with Crippen LogP contribution in [0.5, 0.6) is 5.75 Å². The van der Waals surface area contributed by atoms with Crippen LogP contribution in [0.4, 0.5) is 17.1 Å². The van der Waals surface area contributed by atoms with E-state index < -0.39 is 5.91 Å². The third kappa shape index (κ3) is 4.41. The van der Waals surface area contributed by atoms with Crippen molar-refractivity contribution in [2.45, 2.75) is 6.92 Å². The molecule has 1 aliphatic heterocycles. The number of carbonyl (C=O) groups excluding carboxylic acids is 1. The predicted molar refractivity (Wildman–Crippen MR) is 131 cm³/mol. The Balaban J connectivity index is 1.83. The number of amides is 1. The molecule has 1 fully saturated rings. The molecule has 0 bridgehead atoms. The van der Waals surface area contributed by atoms with Gasteiger partial charge in [-0.25, -0.2) is 0 Å². The average Bonchev–Trinajstić information content (AvgIpc) is 2.80. The maximum absolute atomic E-state index is 12.2. The zero-order valence-electron chi connectivity index (χ0n) is 18.0. The average molecular weight is 474 g/mol. The van der Waals surface area contributed by atoms with Crippen LogP contribution < -0.4 is 20.7 Å². The van der Waals surface area contributed by atoms with E-state index in [0.717, 1.165) is 49.5 Å². The number of nitrogens with one attached hydrogen (secondary N) is 1. The highest BCUT2D eigenvalue weighted by Gasteiger charge is 2.22. The van der Waals surface area contributed by atoms with Crippen LogP contribution in [0.25, 0.3) is 10.9 Å². The molecule has 9 heteroatoms. The van der Waals surface area contributed by atoms with Crippen LogP contribution in [0.3, 0.4) is 0 Å². The number of piperazine rings is 1. The molecule has 0 saturated carbocycles. The van der Waals surface area contributed by atoms with Crippen LogP contribution in [0.15, 0.2) is 36.5 Å². The van der Waals surface area contributed by atoms with Crippen molar-refractivity contribution in [1.82, 2.24) is 9.88 Å². The van der Waals surface area contributed by atoms with Crippen molar-refractivity contribution >= 4 is 57.1 Å². The van der Waals surface area contributed by atoms with Crippen molar-refractivity contribution in [2.75, 3.05) is 50.1 Å². The first-order chi connectivity index (χ1) is 15.4. The standard InChI is InChI=1S/C23H25Cl2N5O2/c1-3-29-6-8-30(9-7-29)20-11-15-19(12-21(20)32-2)27-13-16(23(26)31)22(15)28-14-4-5-17(24)18(25)10-14/h4-5,10-13H,3,6-9H2,1-2H3,(H2,26,31)(H,27,28). The van der Waals surface area contributed by atoms with E-state index in [1.807, 2.05) is 12.1 Å². The van der Waals surface area contributed by atoms with Crippen LogP contribution in [-0.2, 0) is 0 Å². The van der Waals surface area contributed by atoms with E-state index in [-0.39, 0.29) is 5.56 Å². The van der Waals surface area contributed by atoms with E-state index in [1.165, 1.54) is 6.20 Å². The van der Waals surface area contributed by atoms with Crippen molar-refractivity contribution in [1.29, 1.82) is 0 Å². The molecule has 0 spiro atoms. The smallest absolute Gasteiger partial charge is 0.252 e. The number of fused-ring (bicyclic) bond motifs is 1. The number of ether oxygens (including phenoxy) is 1. The van der Waals surface area contributed by atoms with Gasteiger partial charge < -0.3 is 25.6 Å². The number of nitrogens with two attached hydrogens (primary N) is 1. The van der Waals surface area contributed by atoms with Gasteiger partial charge >= 0.3 is 0 Å². The summed E-state index contributed by atoms with van der Waals surface area (Å²) in [7, 11) is 1.65. The molecule has 3 aromatic rings. The number of nitrogens with zero attached hydrogens (tertiary/aromatic N) is 3. The number of methoxy groups -OCH3 is 1. The number of rotatable bonds is 6. The van der Waals surface area contributed by atoms with Crippen molar-refractivity contribution in [3.05, 3.63) is 52.1 Å². The summed E-state index contributed by atoms with van der Waals surface area (Å²) in [5.74, 6) is 0.165. The Kier molecular flexibility index (Phi) is 6.60. The number of benzene rings is 2. The van der Waals surface area contributed by atoms with E-state index >= 15 is 0 Å². The Hall–Kier alpha value is -2.74. The quantitative estimate of drug-likeness (QED) is 0.546. The summed E-state index contributed by atoms with van der Waals surface area (Å²) in [4.78, 5) is 21.4. The molecule has 1 aliphatic rings. The van der Waals surface area contributed by atoms with Crippen molar-refractivity contribution < 1.29 is 9.53 Å². The van der Waals surface area contributed by atoms with Gasteiger partial charge in [-0.05, 0) is 30.8 Å². The summed E-state index contributed by atoms with van der Waals surface area (Å²) in [6.07, 6.45) is 1.48. The lowest BCUT2D eigenvalue weighted by Gasteiger charge is -2.36. The number of hydrogen-bond donors (Lipinski definition) is 2. The molecule has 0 unspecified atom stereocenters. The molecule has 1 amide bonds. The van der Waals surface area contributed by atoms with E-state index in [0.29, 0.717) is 26.9 Å². The molecule has 1 saturated heterocycles. The fraction of sp³-hybridized carbons (Fsp3) is 0.304. The van der Waals surface area contributed by atoms with Gasteiger partial charge in [-0.1, -0.05) is 30.1 Å². The first-order valence-corrected chi connectivity index (χ1v) is 11.2. The maximum Gasteiger partial charge on any atom is 0.252 e. The number of aromatic nitrogens is 1. The van der Waals surface area contributed by atoms with Gasteiger partial charge in [0.05, 0.1) is 39.6 Å². The Bertz CT molecular complexity index is 1160. The van der Waals surface area contributed by atoms with Crippen LogP contribution in [0.2, 0.25) is 10.0 Å². The summed E-state index contributed by atoms with van der Waals surface area (Å²) in [5, 5.41) is 4.92. The molecular weight excluding hydrogens is 449 g/mol. The summed E-state index contributed by atoms with van der Waals surface area (Å²) in [6, 6.07) is 9.09. The molecule has 0 aliphatic carbocycles. The lowest BCUT2D eigenvalue weighted by molar-refractivity contribution is 0.100. The number of anilines is 3. The van der Waals surface area contributed by atoms with Crippen LogP contribution in [-0.4, -0.2) is 55.6 Å². The predicted octanol–water partition coefficient (Wildman–Crippen LogP) is 4.53. The number of halogens is 2. The van der Waals surface area contributed by atoms with E-state index in [1.54, 1.807) is 25.3 Å². The first kappa shape index (κ1) is 22.5. The Morgan fingerprint density at radius 1 is 1.16 bits per heavy atom. The monoisotopic (exact) mass is 473 g/mol. The molecule has 2 heterocycles. The Morgan fingerprint density at radius 3 is 2.53 bits per heavy atom. The fourth-order valence-electron chi connectivity index (χ4n) is 3.96. The fourth-order valence-corrected chi connectivity index (χ4v) is 4.26. The first-order valence-electron chi connectivity index (χ1n) is 10.4. The minimum absolute atomic E-state index is 0.287. The van der Waals surface area contributed by atoms with Crippen molar-refractivity contribution in [2.24, 2.45) is 5.73 Å². The van der Waals surface area contributed by atoms with Crippen molar-refractivity contribution in [3.8, 4) is 5.75 Å². The number of carbonyl (C=O) groups is 1. The molecule has 0 atom stereocenters. The van der Waals surface area contributed by atoms with Crippen molar-refractivity contribution in [3.63, 3.8) is 0 Å². The molecule has 168 valence electrons. The second kappa shape index (κ2) is 9.40. The van der Waals surface area contributed by atoms with Gasteiger partial charge in [0.1, 0.15) is 5.75 Å². The molecule has 7 nitrogen and oxygen atoms in total. The minimum Gasteiger partial charge on any atom is -0.495 e.